The lowest BCUT2D eigenvalue weighted by Gasteiger charge is -2.26. The second kappa shape index (κ2) is 10.8. The number of hydrogen-bond donors (Lipinski definition) is 0. The van der Waals surface area contributed by atoms with E-state index in [1.807, 2.05) is 60.7 Å². The predicted octanol–water partition coefficient (Wildman–Crippen LogP) is 12.7. The number of nitrogens with zero attached hydrogens (tertiary/aromatic N) is 1. The Morgan fingerprint density at radius 1 is 0.500 bits per heavy atom. The Balaban J connectivity index is 1.42. The lowest BCUT2D eigenvalue weighted by molar-refractivity contribution is 0.672. The minimum atomic E-state index is -0.832. The fourth-order valence-electron chi connectivity index (χ4n) is 5.83. The molecule has 2 nitrogen and oxygen atoms in total. The van der Waals surface area contributed by atoms with Crippen molar-refractivity contribution in [1.82, 2.24) is 0 Å². The molecule has 2 heteroatoms. The van der Waals surface area contributed by atoms with Gasteiger partial charge in [-0.2, -0.15) is 0 Å². The molecule has 0 aliphatic carbocycles. The molecule has 1 aromatic heterocycles. The largest absolute Gasteiger partial charge is 0.455 e. The highest BCUT2D eigenvalue weighted by atomic mass is 16.3. The third-order valence-corrected chi connectivity index (χ3v) is 7.85. The summed E-state index contributed by atoms with van der Waals surface area (Å²) in [4.78, 5) is 1.08. The third-order valence-electron chi connectivity index (χ3n) is 7.85. The fraction of sp³-hybridized carbons (Fsp3) is 0. The van der Waals surface area contributed by atoms with Crippen LogP contribution < -0.4 is 4.90 Å². The van der Waals surface area contributed by atoms with E-state index >= 15 is 0 Å². The second-order valence-corrected chi connectivity index (χ2v) is 10.5. The Hall–Kier alpha value is -6.12. The molecule has 0 spiro atoms. The quantitative estimate of drug-likeness (QED) is 0.195. The van der Waals surface area contributed by atoms with E-state index in [1.165, 1.54) is 0 Å². The summed E-state index contributed by atoms with van der Waals surface area (Å²) in [5, 5.41) is 1.61. The number of para-hydroxylation sites is 1. The smallest absolute Gasteiger partial charge is 0.143 e. The van der Waals surface area contributed by atoms with Gasteiger partial charge in [0, 0.05) is 22.1 Å². The molecular formula is C44H29NO. The topological polar surface area (TPSA) is 16.4 Å². The van der Waals surface area contributed by atoms with Crippen molar-refractivity contribution in [3.63, 3.8) is 0 Å². The van der Waals surface area contributed by atoms with Crippen molar-refractivity contribution in [2.75, 3.05) is 4.90 Å². The number of fused-ring (bicyclic) bond motifs is 6. The molecule has 0 unspecified atom stereocenters. The van der Waals surface area contributed by atoms with Crippen molar-refractivity contribution in [1.29, 1.82) is 0 Å². The van der Waals surface area contributed by atoms with Crippen LogP contribution in [-0.2, 0) is 0 Å². The van der Waals surface area contributed by atoms with Crippen LogP contribution in [-0.4, -0.2) is 0 Å². The fourth-order valence-corrected chi connectivity index (χ4v) is 5.83. The average molecular weight is 604 g/mol. The van der Waals surface area contributed by atoms with Crippen LogP contribution in [0.1, 0.15) is 21.9 Å². The molecule has 9 aromatic rings. The van der Waals surface area contributed by atoms with Gasteiger partial charge in [-0.15, -0.1) is 0 Å². The van der Waals surface area contributed by atoms with Gasteiger partial charge in [0.2, 0.25) is 0 Å². The molecule has 0 N–H and O–H groups in total. The molecule has 0 atom stereocenters. The van der Waals surface area contributed by atoms with E-state index in [9.17, 15) is 5.48 Å². The number of rotatable bonds is 5. The van der Waals surface area contributed by atoms with E-state index in [0.717, 1.165) is 26.8 Å². The van der Waals surface area contributed by atoms with Crippen molar-refractivity contribution in [2.24, 2.45) is 0 Å². The molecular weight excluding hydrogens is 558 g/mol. The molecule has 46 heavy (non-hydrogen) atoms. The van der Waals surface area contributed by atoms with Gasteiger partial charge in [0.05, 0.1) is 33.0 Å². The molecule has 0 saturated carbocycles. The maximum atomic E-state index is 9.53. The summed E-state index contributed by atoms with van der Waals surface area (Å²) in [5.41, 5.74) is 0.234. The lowest BCUT2D eigenvalue weighted by atomic mass is 9.95. The summed E-state index contributed by atoms with van der Waals surface area (Å²) < 4.78 is 148. The van der Waals surface area contributed by atoms with E-state index in [-0.39, 0.29) is 5.69 Å². The van der Waals surface area contributed by atoms with Crippen LogP contribution in [0.2, 0.25) is 0 Å². The van der Waals surface area contributed by atoms with Crippen LogP contribution in [0.4, 0.5) is 17.1 Å². The van der Waals surface area contributed by atoms with E-state index < -0.39 is 130 Å². The minimum Gasteiger partial charge on any atom is -0.455 e. The van der Waals surface area contributed by atoms with Gasteiger partial charge in [-0.3, -0.25) is 0 Å². The number of furan rings is 1. The summed E-state index contributed by atoms with van der Waals surface area (Å²) in [7, 11) is 0. The van der Waals surface area contributed by atoms with E-state index in [2.05, 4.69) is 0 Å². The van der Waals surface area contributed by atoms with Gasteiger partial charge in [-0.25, -0.2) is 0 Å². The highest BCUT2D eigenvalue weighted by molar-refractivity contribution is 6.22. The Morgan fingerprint density at radius 2 is 1.20 bits per heavy atom. The van der Waals surface area contributed by atoms with Crippen LogP contribution in [0.15, 0.2) is 180 Å². The van der Waals surface area contributed by atoms with Crippen molar-refractivity contribution < 1.29 is 26.3 Å². The Morgan fingerprint density at radius 3 is 2.02 bits per heavy atom. The van der Waals surface area contributed by atoms with Crippen molar-refractivity contribution in [3.8, 4) is 22.3 Å². The van der Waals surface area contributed by atoms with Gasteiger partial charge < -0.3 is 9.32 Å². The zero-order chi connectivity index (χ0) is 44.4. The molecule has 0 bridgehead atoms. The standard InChI is InChI=1S/C44H29NO/c1-3-13-32(14-4-1)39-29-40-43-41(20-11-21-42(43)46-44(40)38-19-10-9-18-37(38)39)45(35-16-5-2-6-17-35)36-26-24-31(25-27-36)34-23-22-30-12-7-8-15-33(30)28-34/h1-29H/i2D,5D,6D,7D,8D,12D,15D,16D,17D,22D,23D,24D,25D,26D,27D,28D. The first-order chi connectivity index (χ1) is 29.5. The maximum absolute atomic E-state index is 9.53. The van der Waals surface area contributed by atoms with Crippen molar-refractivity contribution >= 4 is 60.5 Å². The van der Waals surface area contributed by atoms with Crippen molar-refractivity contribution in [2.45, 2.75) is 0 Å². The lowest BCUT2D eigenvalue weighted by Crippen LogP contribution is -2.10. The molecule has 1 heterocycles. The summed E-state index contributed by atoms with van der Waals surface area (Å²) in [6, 6.07) is 12.0. The van der Waals surface area contributed by atoms with Crippen LogP contribution in [0, 0.1) is 0 Å². The van der Waals surface area contributed by atoms with E-state index in [4.69, 9.17) is 20.9 Å². The minimum absolute atomic E-state index is 0.0696. The summed E-state index contributed by atoms with van der Waals surface area (Å²) in [5.74, 6) is 0. The van der Waals surface area contributed by atoms with Gasteiger partial charge in [0.1, 0.15) is 11.2 Å². The normalized spacial score (nSPS) is 16.3. The molecule has 0 radical (unpaired) electrons. The van der Waals surface area contributed by atoms with Crippen LogP contribution >= 0.6 is 0 Å². The first-order valence-corrected chi connectivity index (χ1v) is 14.4. The Labute approximate surface area is 289 Å². The van der Waals surface area contributed by atoms with E-state index in [1.54, 1.807) is 18.2 Å². The van der Waals surface area contributed by atoms with Crippen LogP contribution in [0.3, 0.4) is 0 Å². The highest BCUT2D eigenvalue weighted by Crippen LogP contribution is 2.46. The molecule has 8 aromatic carbocycles. The van der Waals surface area contributed by atoms with Crippen LogP contribution in [0.25, 0.3) is 65.7 Å². The summed E-state index contributed by atoms with van der Waals surface area (Å²) in [6.45, 7) is 0. The third kappa shape index (κ3) is 4.35. The summed E-state index contributed by atoms with van der Waals surface area (Å²) in [6.07, 6.45) is 0. The summed E-state index contributed by atoms with van der Waals surface area (Å²) >= 11 is 0. The van der Waals surface area contributed by atoms with Crippen molar-refractivity contribution in [3.05, 3.63) is 176 Å². The Kier molecular flexibility index (Phi) is 3.47. The molecule has 9 rings (SSSR count). The molecule has 0 aliphatic rings. The van der Waals surface area contributed by atoms with E-state index in [0.29, 0.717) is 21.9 Å². The number of benzene rings is 8. The zero-order valence-electron chi connectivity index (χ0n) is 39.9. The number of anilines is 3. The molecule has 0 amide bonds. The molecule has 216 valence electrons. The molecule has 0 saturated heterocycles. The number of hydrogen-bond acceptors (Lipinski definition) is 2. The second-order valence-electron chi connectivity index (χ2n) is 10.5. The zero-order valence-corrected chi connectivity index (χ0v) is 23.9. The Bertz CT molecular complexity index is 3380. The maximum Gasteiger partial charge on any atom is 0.143 e. The first-order valence-electron chi connectivity index (χ1n) is 22.4. The van der Waals surface area contributed by atoms with Gasteiger partial charge in [-0.1, -0.05) is 127 Å². The molecule has 0 aliphatic heterocycles. The monoisotopic (exact) mass is 603 g/mol. The van der Waals surface area contributed by atoms with Gasteiger partial charge >= 0.3 is 0 Å². The average Bonchev–Trinajstić information content (AvgIpc) is 3.66. The first kappa shape index (κ1) is 14.8. The SMILES string of the molecule is [2H]c1c([2H])c([2H])c(N(c2c([2H])c([2H])c(-c3c([2H])c([2H])c4c([2H])c([2H])c([2H])c([2H])c4c3[2H])c([2H])c2[2H])c2cccc3oc4c5ccccc5c(-c5ccccc5)cc4c23)c([2H])c1[2H]. The predicted molar refractivity (Wildman–Crippen MR) is 194 cm³/mol. The molecule has 0 fully saturated rings. The van der Waals surface area contributed by atoms with Gasteiger partial charge in [0.15, 0.2) is 0 Å². The van der Waals surface area contributed by atoms with Gasteiger partial charge in [-0.05, 0) is 86.8 Å². The van der Waals surface area contributed by atoms with Gasteiger partial charge in [0.25, 0.3) is 0 Å². The van der Waals surface area contributed by atoms with Crippen LogP contribution in [0.5, 0.6) is 0 Å². The highest BCUT2D eigenvalue weighted by Gasteiger charge is 2.21.